The van der Waals surface area contributed by atoms with Crippen molar-refractivity contribution < 1.29 is 0 Å². The van der Waals surface area contributed by atoms with Crippen molar-refractivity contribution in [3.05, 3.63) is 59.7 Å². The van der Waals surface area contributed by atoms with Gasteiger partial charge in [0.25, 0.3) is 0 Å². The molecule has 0 aromatic heterocycles. The standard InChI is InChI=1S/C26H42BP/c1-19(2)18-20(3)28(27,23-14-10-21(11-15-23)25(4,5)6)24-16-12-22(13-17-24)26(7,8)9/h10-17,19-20,28H,18,27H2,1-9H3/t20-/m0/s1. The molecular formula is C26H42BP. The van der Waals surface area contributed by atoms with Crippen LogP contribution in [0.25, 0.3) is 0 Å². The summed E-state index contributed by atoms with van der Waals surface area (Å²) < 4.78 is 0. The molecule has 154 valence electrons. The zero-order valence-corrected chi connectivity index (χ0v) is 21.0. The van der Waals surface area contributed by atoms with Gasteiger partial charge in [0, 0.05) is 0 Å². The molecule has 0 saturated heterocycles. The van der Waals surface area contributed by atoms with Crippen molar-refractivity contribution in [2.75, 3.05) is 0 Å². The van der Waals surface area contributed by atoms with Crippen molar-refractivity contribution >= 4 is 25.3 Å². The van der Waals surface area contributed by atoms with E-state index in [-0.39, 0.29) is 10.8 Å². The molecule has 0 fully saturated rings. The molecule has 1 atom stereocenters. The number of rotatable bonds is 5. The van der Waals surface area contributed by atoms with E-state index in [1.165, 1.54) is 17.5 Å². The molecule has 0 spiro atoms. The number of hydrogen-bond acceptors (Lipinski definition) is 0. The van der Waals surface area contributed by atoms with Gasteiger partial charge in [-0.1, -0.05) is 0 Å². The molecule has 0 amide bonds. The molecule has 0 radical (unpaired) electrons. The van der Waals surface area contributed by atoms with E-state index < -0.39 is 7.14 Å². The molecule has 0 nitrogen and oxygen atoms in total. The molecule has 2 rings (SSSR count). The molecule has 0 unspecified atom stereocenters. The fraction of sp³-hybridized carbons (Fsp3) is 0.538. The van der Waals surface area contributed by atoms with Gasteiger partial charge in [-0.2, -0.15) is 0 Å². The first-order valence-electron chi connectivity index (χ1n) is 11.0. The molecule has 28 heavy (non-hydrogen) atoms. The molecule has 0 bridgehead atoms. The van der Waals surface area contributed by atoms with Gasteiger partial charge in [0.15, 0.2) is 0 Å². The number of benzene rings is 2. The van der Waals surface area contributed by atoms with Crippen molar-refractivity contribution in [1.82, 2.24) is 0 Å². The third kappa shape index (κ3) is 5.10. The van der Waals surface area contributed by atoms with Crippen LogP contribution in [-0.2, 0) is 10.8 Å². The summed E-state index contributed by atoms with van der Waals surface area (Å²) in [6, 6.07) is 19.2. The minimum absolute atomic E-state index is 0.203. The van der Waals surface area contributed by atoms with Gasteiger partial charge in [-0.25, -0.2) is 0 Å². The van der Waals surface area contributed by atoms with E-state index in [1.807, 2.05) is 0 Å². The van der Waals surface area contributed by atoms with E-state index in [4.69, 9.17) is 0 Å². The van der Waals surface area contributed by atoms with Crippen LogP contribution in [0.2, 0.25) is 0 Å². The SMILES string of the molecule is B[PH](c1ccc(C(C)(C)C)cc1)(c1ccc(C(C)(C)C)cc1)[C@@H](C)CC(C)C. The zero-order chi connectivity index (χ0) is 21.3. The average molecular weight is 396 g/mol. The average Bonchev–Trinajstić information content (AvgIpc) is 2.59. The molecule has 0 saturated carbocycles. The molecule has 0 aliphatic carbocycles. The first-order valence-corrected chi connectivity index (χ1v) is 13.6. The van der Waals surface area contributed by atoms with Gasteiger partial charge in [0.05, 0.1) is 0 Å². The van der Waals surface area contributed by atoms with Gasteiger partial charge < -0.3 is 0 Å². The van der Waals surface area contributed by atoms with Gasteiger partial charge in [-0.3, -0.25) is 0 Å². The summed E-state index contributed by atoms with van der Waals surface area (Å²) >= 11 is 0. The molecular weight excluding hydrogens is 354 g/mol. The van der Waals surface area contributed by atoms with Crippen LogP contribution in [0, 0.1) is 5.92 Å². The third-order valence-electron chi connectivity index (χ3n) is 6.51. The minimum atomic E-state index is -1.83. The van der Waals surface area contributed by atoms with E-state index in [1.54, 1.807) is 10.6 Å². The second-order valence-electron chi connectivity index (χ2n) is 11.4. The third-order valence-corrected chi connectivity index (χ3v) is 11.8. The van der Waals surface area contributed by atoms with E-state index in [9.17, 15) is 0 Å². The molecule has 2 aromatic carbocycles. The Morgan fingerprint density at radius 3 is 1.25 bits per heavy atom. The fourth-order valence-corrected chi connectivity index (χ4v) is 8.44. The van der Waals surface area contributed by atoms with Crippen molar-refractivity contribution in [3.63, 3.8) is 0 Å². The molecule has 2 heteroatoms. The van der Waals surface area contributed by atoms with Gasteiger partial charge >= 0.3 is 176 Å². The van der Waals surface area contributed by atoms with Crippen molar-refractivity contribution in [2.24, 2.45) is 5.92 Å². The summed E-state index contributed by atoms with van der Waals surface area (Å²) in [5.41, 5.74) is 3.95. The summed E-state index contributed by atoms with van der Waals surface area (Å²) in [5, 5.41) is 3.13. The van der Waals surface area contributed by atoms with Crippen LogP contribution in [-0.4, -0.2) is 13.2 Å². The molecule has 0 N–H and O–H groups in total. The predicted octanol–water partition coefficient (Wildman–Crippen LogP) is 5.97. The van der Waals surface area contributed by atoms with Gasteiger partial charge in [-0.15, -0.1) is 0 Å². The normalized spacial score (nSPS) is 14.9. The Morgan fingerprint density at radius 1 is 0.679 bits per heavy atom. The maximum absolute atomic E-state index is 2.58. The Bertz CT molecular complexity index is 701. The summed E-state index contributed by atoms with van der Waals surface area (Å²) in [7, 11) is 0.750. The first kappa shape index (κ1) is 23.2. The summed E-state index contributed by atoms with van der Waals surface area (Å²) in [5.74, 6) is 0.726. The van der Waals surface area contributed by atoms with E-state index in [2.05, 4.69) is 118 Å². The summed E-state index contributed by atoms with van der Waals surface area (Å²) in [6.45, 7) is 21.0. The van der Waals surface area contributed by atoms with Crippen LogP contribution in [0.15, 0.2) is 48.5 Å². The Labute approximate surface area is 176 Å². The monoisotopic (exact) mass is 396 g/mol. The van der Waals surface area contributed by atoms with Gasteiger partial charge in [0.1, 0.15) is 0 Å². The van der Waals surface area contributed by atoms with Gasteiger partial charge in [-0.05, 0) is 0 Å². The molecule has 2 aromatic rings. The van der Waals surface area contributed by atoms with E-state index >= 15 is 0 Å². The Kier molecular flexibility index (Phi) is 6.93. The van der Waals surface area contributed by atoms with Crippen molar-refractivity contribution in [1.29, 1.82) is 0 Å². The van der Waals surface area contributed by atoms with Crippen molar-refractivity contribution in [3.8, 4) is 0 Å². The summed E-state index contributed by atoms with van der Waals surface area (Å²) in [4.78, 5) is 0. The van der Waals surface area contributed by atoms with Gasteiger partial charge in [0.2, 0.25) is 0 Å². The molecule has 0 aliphatic heterocycles. The van der Waals surface area contributed by atoms with E-state index in [0.717, 1.165) is 5.92 Å². The predicted molar refractivity (Wildman–Crippen MR) is 135 cm³/mol. The maximum atomic E-state index is 2.58. The van der Waals surface area contributed by atoms with E-state index in [0.29, 0.717) is 5.66 Å². The van der Waals surface area contributed by atoms with Crippen LogP contribution in [0.1, 0.15) is 79.9 Å². The quantitative estimate of drug-likeness (QED) is 0.432. The van der Waals surface area contributed by atoms with Crippen LogP contribution in [0.5, 0.6) is 0 Å². The Morgan fingerprint density at radius 2 is 1.00 bits per heavy atom. The summed E-state index contributed by atoms with van der Waals surface area (Å²) in [6.07, 6.45) is 1.28. The van der Waals surface area contributed by atoms with Crippen molar-refractivity contribution in [2.45, 2.75) is 85.2 Å². The topological polar surface area (TPSA) is 0 Å². The second-order valence-corrected chi connectivity index (χ2v) is 15.9. The van der Waals surface area contributed by atoms with Crippen LogP contribution >= 0.6 is 7.14 Å². The second kappa shape index (κ2) is 8.35. The number of hydrogen-bond donors (Lipinski definition) is 0. The molecule has 0 aliphatic rings. The Balaban J connectivity index is 2.54. The van der Waals surface area contributed by atoms with Crippen LogP contribution < -0.4 is 10.6 Å². The first-order chi connectivity index (χ1) is 12.8. The molecule has 0 heterocycles. The Hall–Kier alpha value is -1.07. The van der Waals surface area contributed by atoms with Crippen LogP contribution in [0.3, 0.4) is 0 Å². The zero-order valence-electron chi connectivity index (χ0n) is 20.0. The fourth-order valence-electron chi connectivity index (χ4n) is 4.31. The van der Waals surface area contributed by atoms with Crippen LogP contribution in [0.4, 0.5) is 0 Å².